The molecule has 0 bridgehead atoms. The maximum absolute atomic E-state index is 5.09. The number of nitrogens with zero attached hydrogens (tertiary/aromatic N) is 4. The highest BCUT2D eigenvalue weighted by molar-refractivity contribution is 6.21. The van der Waals surface area contributed by atoms with E-state index >= 15 is 0 Å². The summed E-state index contributed by atoms with van der Waals surface area (Å²) in [4.78, 5) is 5.09. The summed E-state index contributed by atoms with van der Waals surface area (Å²) < 4.78 is 6.69. The lowest BCUT2D eigenvalue weighted by atomic mass is 9.83. The van der Waals surface area contributed by atoms with Crippen LogP contribution in [0.3, 0.4) is 0 Å². The summed E-state index contributed by atoms with van der Waals surface area (Å²) >= 11 is 0. The van der Waals surface area contributed by atoms with Gasteiger partial charge in [-0.15, -0.1) is 0 Å². The number of benzene rings is 10. The lowest BCUT2D eigenvalue weighted by Crippen LogP contribution is -2.38. The zero-order valence-corrected chi connectivity index (χ0v) is 34.5. The van der Waals surface area contributed by atoms with Crippen molar-refractivity contribution in [2.75, 3.05) is 0 Å². The van der Waals surface area contributed by atoms with Crippen LogP contribution in [-0.2, 0) is 14.1 Å². The number of hydrogen-bond donors (Lipinski definition) is 0. The Bertz CT molecular complexity index is 3510. The summed E-state index contributed by atoms with van der Waals surface area (Å²) in [5, 5.41) is 8.50. The van der Waals surface area contributed by atoms with Crippen LogP contribution in [0.4, 0.5) is 0 Å². The van der Waals surface area contributed by atoms with Crippen molar-refractivity contribution in [2.24, 2.45) is 14.1 Å². The molecule has 2 aromatic heterocycles. The van der Waals surface area contributed by atoms with Crippen molar-refractivity contribution in [3.8, 4) is 61.6 Å². The number of para-hydroxylation sites is 1. The van der Waals surface area contributed by atoms with Crippen molar-refractivity contribution in [1.82, 2.24) is 14.2 Å². The number of hydrogen-bond acceptors (Lipinski definition) is 1. The average molecular weight is 794 g/mol. The zero-order chi connectivity index (χ0) is 41.3. The molecule has 4 heteroatoms. The molecule has 0 aliphatic heterocycles. The summed E-state index contributed by atoms with van der Waals surface area (Å²) in [7, 11) is 4.27. The molecule has 0 N–H and O–H groups in total. The molecule has 0 saturated carbocycles. The number of fused-ring (bicyclic) bond motifs is 5. The van der Waals surface area contributed by atoms with E-state index in [0.29, 0.717) is 0 Å². The molecule has 0 aliphatic carbocycles. The molecule has 0 saturated heterocycles. The molecular formula is C58H41N4+. The van der Waals surface area contributed by atoms with E-state index in [1.807, 2.05) is 0 Å². The third-order valence-electron chi connectivity index (χ3n) is 12.8. The highest BCUT2D eigenvalue weighted by Crippen LogP contribution is 2.47. The van der Waals surface area contributed by atoms with Crippen LogP contribution in [0.5, 0.6) is 0 Å². The quantitative estimate of drug-likeness (QED) is 0.122. The second kappa shape index (κ2) is 14.3. The Morgan fingerprint density at radius 1 is 0.387 bits per heavy atom. The molecule has 292 valence electrons. The van der Waals surface area contributed by atoms with Crippen molar-refractivity contribution in [2.45, 2.75) is 0 Å². The summed E-state index contributed by atoms with van der Waals surface area (Å²) in [5.74, 6) is 0.961. The Hall–Kier alpha value is -8.08. The van der Waals surface area contributed by atoms with Crippen molar-refractivity contribution >= 4 is 54.3 Å². The van der Waals surface area contributed by atoms with Crippen molar-refractivity contribution < 1.29 is 4.68 Å². The van der Waals surface area contributed by atoms with E-state index in [0.717, 1.165) is 33.7 Å². The van der Waals surface area contributed by atoms with Gasteiger partial charge in [0.05, 0.1) is 23.5 Å². The fourth-order valence-corrected chi connectivity index (χ4v) is 9.73. The fraction of sp³-hybridized carbons (Fsp3) is 0.0345. The van der Waals surface area contributed by atoms with Crippen molar-refractivity contribution in [3.05, 3.63) is 212 Å². The second-order valence-electron chi connectivity index (χ2n) is 16.3. The van der Waals surface area contributed by atoms with Crippen LogP contribution >= 0.6 is 0 Å². The van der Waals surface area contributed by atoms with E-state index in [-0.39, 0.29) is 0 Å². The van der Waals surface area contributed by atoms with Crippen molar-refractivity contribution in [3.63, 3.8) is 0 Å². The van der Waals surface area contributed by atoms with Gasteiger partial charge in [-0.1, -0.05) is 156 Å². The third-order valence-corrected chi connectivity index (χ3v) is 12.8. The highest BCUT2D eigenvalue weighted by Gasteiger charge is 2.22. The number of imidazole rings is 1. The predicted octanol–water partition coefficient (Wildman–Crippen LogP) is 14.1. The smallest absolute Gasteiger partial charge is 0.235 e. The Labute approximate surface area is 359 Å². The van der Waals surface area contributed by atoms with E-state index in [1.54, 1.807) is 0 Å². The minimum atomic E-state index is 0.961. The predicted molar refractivity (Wildman–Crippen MR) is 258 cm³/mol. The molecule has 0 spiro atoms. The number of aromatic nitrogens is 4. The minimum absolute atomic E-state index is 0.961. The van der Waals surface area contributed by atoms with Gasteiger partial charge in [-0.25, -0.2) is 4.98 Å². The average Bonchev–Trinajstić information content (AvgIpc) is 3.85. The van der Waals surface area contributed by atoms with Crippen LogP contribution in [0.15, 0.2) is 212 Å². The van der Waals surface area contributed by atoms with E-state index in [9.17, 15) is 0 Å². The zero-order valence-electron chi connectivity index (χ0n) is 34.5. The van der Waals surface area contributed by atoms with E-state index in [2.05, 4.69) is 240 Å². The Morgan fingerprint density at radius 3 is 1.61 bits per heavy atom. The van der Waals surface area contributed by atoms with Gasteiger partial charge in [-0.2, -0.15) is 4.68 Å². The van der Waals surface area contributed by atoms with Crippen LogP contribution in [0.2, 0.25) is 0 Å². The summed E-state index contributed by atoms with van der Waals surface area (Å²) in [6.07, 6.45) is 2.22. The summed E-state index contributed by atoms with van der Waals surface area (Å²) in [6, 6.07) is 75.2. The Balaban J connectivity index is 1.15. The molecule has 0 radical (unpaired) electrons. The first-order valence-electron chi connectivity index (χ1n) is 21.2. The van der Waals surface area contributed by atoms with Gasteiger partial charge in [-0.05, 0) is 119 Å². The van der Waals surface area contributed by atoms with Gasteiger partial charge in [0.2, 0.25) is 11.9 Å². The van der Waals surface area contributed by atoms with Gasteiger partial charge >= 0.3 is 0 Å². The molecule has 2 heterocycles. The third kappa shape index (κ3) is 5.76. The van der Waals surface area contributed by atoms with Gasteiger partial charge in [-0.3, -0.25) is 0 Å². The molecule has 10 aromatic carbocycles. The molecule has 0 atom stereocenters. The summed E-state index contributed by atoms with van der Waals surface area (Å²) in [5.41, 5.74) is 15.1. The summed E-state index contributed by atoms with van der Waals surface area (Å²) in [6.45, 7) is 0. The Morgan fingerprint density at radius 2 is 0.952 bits per heavy atom. The lowest BCUT2D eigenvalue weighted by molar-refractivity contribution is -0.679. The molecule has 4 nitrogen and oxygen atoms in total. The first-order chi connectivity index (χ1) is 30.6. The molecule has 0 fully saturated rings. The van der Waals surface area contributed by atoms with E-state index < -0.39 is 0 Å². The minimum Gasteiger partial charge on any atom is -0.327 e. The van der Waals surface area contributed by atoms with Gasteiger partial charge in [0.25, 0.3) is 0 Å². The van der Waals surface area contributed by atoms with Gasteiger partial charge in [0, 0.05) is 24.7 Å². The SMILES string of the molecule is Cn1c(-c2ccccc2)nc2ccc(-c3cccc4c(-c5cc6ccccc6cc5-c5ccccc5)c5cccc(-c6ccc7c[n+](-c8ccccc8)n(C)c7c6)c5cc34)cc21. The maximum atomic E-state index is 5.09. The molecular weight excluding hydrogens is 753 g/mol. The first kappa shape index (κ1) is 35.8. The van der Waals surface area contributed by atoms with Crippen LogP contribution in [0.25, 0.3) is 116 Å². The second-order valence-corrected chi connectivity index (χ2v) is 16.3. The maximum Gasteiger partial charge on any atom is 0.235 e. The van der Waals surface area contributed by atoms with E-state index in [4.69, 9.17) is 4.98 Å². The van der Waals surface area contributed by atoms with Crippen LogP contribution in [0.1, 0.15) is 0 Å². The fourth-order valence-electron chi connectivity index (χ4n) is 9.73. The Kier molecular flexibility index (Phi) is 8.26. The first-order valence-corrected chi connectivity index (χ1v) is 21.2. The van der Waals surface area contributed by atoms with Crippen LogP contribution in [0, 0.1) is 0 Å². The standard InChI is InChI=1S/C58H41N4/c1-60-56-35-43(30-31-54(56)59-58(60)39-18-8-4-9-19-39)47-25-15-27-49-52(47)36-51-46(42-28-29-44-37-62(61(2)55(44)34-42)45-22-10-5-11-23-45)24-14-26-48(51)57(49)53-33-41-21-13-12-20-40(41)32-50(53)38-16-6-3-7-17-38/h3-37H,1-2H3/q+1. The van der Waals surface area contributed by atoms with Crippen molar-refractivity contribution in [1.29, 1.82) is 0 Å². The number of rotatable bonds is 6. The highest BCUT2D eigenvalue weighted by atomic mass is 15.4. The molecule has 0 amide bonds. The lowest BCUT2D eigenvalue weighted by Gasteiger charge is -2.20. The topological polar surface area (TPSA) is 26.6 Å². The molecule has 0 unspecified atom stereocenters. The van der Waals surface area contributed by atoms with Crippen LogP contribution in [-0.4, -0.2) is 14.2 Å². The van der Waals surface area contributed by atoms with Gasteiger partial charge < -0.3 is 4.57 Å². The van der Waals surface area contributed by atoms with Gasteiger partial charge in [0.1, 0.15) is 11.3 Å². The van der Waals surface area contributed by atoms with Crippen LogP contribution < -0.4 is 4.68 Å². The molecule has 12 aromatic rings. The molecule has 0 aliphatic rings. The van der Waals surface area contributed by atoms with E-state index in [1.165, 1.54) is 82.2 Å². The molecule has 62 heavy (non-hydrogen) atoms. The largest absolute Gasteiger partial charge is 0.327 e. The normalized spacial score (nSPS) is 11.7. The number of aryl methyl sites for hydroxylation is 2. The van der Waals surface area contributed by atoms with Gasteiger partial charge in [0.15, 0.2) is 0 Å². The monoisotopic (exact) mass is 793 g/mol. The molecule has 12 rings (SSSR count).